The fraction of sp³-hybridized carbons (Fsp3) is 0.0952. The average molecular weight is 441 g/mol. The number of ether oxygens (including phenoxy) is 1. The molecule has 2 aromatic carbocycles. The van der Waals surface area contributed by atoms with E-state index in [9.17, 15) is 14.0 Å². The van der Waals surface area contributed by atoms with Gasteiger partial charge in [-0.25, -0.2) is 4.39 Å². The quantitative estimate of drug-likeness (QED) is 0.384. The maximum Gasteiger partial charge on any atom is 0.308 e. The number of hydrogen-bond acceptors (Lipinski definition) is 7. The number of benzene rings is 2. The van der Waals surface area contributed by atoms with Crippen LogP contribution in [0.5, 0.6) is 5.75 Å². The van der Waals surface area contributed by atoms with Crippen molar-refractivity contribution in [3.05, 3.63) is 74.8 Å². The molecule has 0 saturated carbocycles. The number of aliphatic carboxylic acids is 1. The highest BCUT2D eigenvalue weighted by Gasteiger charge is 2.16. The molecule has 0 atom stereocenters. The summed E-state index contributed by atoms with van der Waals surface area (Å²) in [5.74, 6) is -1.00. The van der Waals surface area contributed by atoms with Crippen molar-refractivity contribution >= 4 is 34.3 Å². The minimum Gasteiger partial charge on any atom is -0.481 e. The largest absolute Gasteiger partial charge is 0.481 e. The number of fused-ring (bicyclic) bond motifs is 1. The van der Waals surface area contributed by atoms with Crippen molar-refractivity contribution in [3.63, 3.8) is 0 Å². The molecule has 0 amide bonds. The van der Waals surface area contributed by atoms with Gasteiger partial charge in [-0.3, -0.25) is 14.4 Å². The highest BCUT2D eigenvalue weighted by atomic mass is 32.1. The van der Waals surface area contributed by atoms with Crippen molar-refractivity contribution in [3.8, 4) is 17.1 Å². The lowest BCUT2D eigenvalue weighted by Crippen LogP contribution is -2.23. The van der Waals surface area contributed by atoms with Crippen LogP contribution in [0.1, 0.15) is 19.4 Å². The lowest BCUT2D eigenvalue weighted by molar-refractivity contribution is -0.134. The van der Waals surface area contributed by atoms with Gasteiger partial charge in [0.05, 0.1) is 10.1 Å². The standard InChI is InChI=1S/C19H12FN3O3S.C2H4O2/c1-11(24)26-15-5-3-2-4-14(15)17-21-19-23(22-17)18(25)16(27-19)10-12-6-8-13(20)9-7-12;1-2(3)4/h2-10H,1H3;1H3,(H,3,4). The molecule has 10 heteroatoms. The molecule has 0 aliphatic rings. The van der Waals surface area contributed by atoms with E-state index in [1.165, 1.54) is 34.9 Å². The van der Waals surface area contributed by atoms with Gasteiger partial charge in [0, 0.05) is 13.8 Å². The smallest absolute Gasteiger partial charge is 0.308 e. The van der Waals surface area contributed by atoms with Crippen molar-refractivity contribution in [2.45, 2.75) is 13.8 Å². The summed E-state index contributed by atoms with van der Waals surface area (Å²) < 4.78 is 19.8. The Morgan fingerprint density at radius 2 is 1.77 bits per heavy atom. The summed E-state index contributed by atoms with van der Waals surface area (Å²) in [6.45, 7) is 2.39. The fourth-order valence-corrected chi connectivity index (χ4v) is 3.46. The van der Waals surface area contributed by atoms with Gasteiger partial charge in [0.1, 0.15) is 11.6 Å². The van der Waals surface area contributed by atoms with Crippen LogP contribution in [-0.4, -0.2) is 31.6 Å². The van der Waals surface area contributed by atoms with Crippen LogP contribution in [0, 0.1) is 5.82 Å². The molecule has 0 radical (unpaired) electrons. The molecule has 31 heavy (non-hydrogen) atoms. The number of carboxylic acids is 1. The van der Waals surface area contributed by atoms with Crippen LogP contribution >= 0.6 is 11.3 Å². The maximum absolute atomic E-state index is 13.0. The van der Waals surface area contributed by atoms with Crippen LogP contribution in [0.2, 0.25) is 0 Å². The van der Waals surface area contributed by atoms with Crippen LogP contribution in [0.4, 0.5) is 4.39 Å². The highest BCUT2D eigenvalue weighted by molar-refractivity contribution is 7.15. The number of halogens is 1. The summed E-state index contributed by atoms with van der Waals surface area (Å²) in [5.41, 5.74) is 0.911. The molecule has 1 N–H and O–H groups in total. The zero-order chi connectivity index (χ0) is 22.5. The number of carbonyl (C=O) groups excluding carboxylic acids is 1. The first kappa shape index (κ1) is 21.8. The average Bonchev–Trinajstić information content (AvgIpc) is 3.23. The number of thiazole rings is 1. The second-order valence-electron chi connectivity index (χ2n) is 6.21. The van der Waals surface area contributed by atoms with E-state index in [1.54, 1.807) is 42.5 Å². The zero-order valence-electron chi connectivity index (χ0n) is 16.4. The van der Waals surface area contributed by atoms with Crippen molar-refractivity contribution in [2.24, 2.45) is 0 Å². The van der Waals surface area contributed by atoms with Crippen LogP contribution in [0.25, 0.3) is 22.4 Å². The van der Waals surface area contributed by atoms with Gasteiger partial charge in [-0.05, 0) is 35.9 Å². The Balaban J connectivity index is 0.000000628. The molecule has 0 bridgehead atoms. The van der Waals surface area contributed by atoms with Gasteiger partial charge in [0.15, 0.2) is 5.82 Å². The molecule has 4 rings (SSSR count). The second kappa shape index (κ2) is 9.26. The van der Waals surface area contributed by atoms with Crippen LogP contribution in [-0.2, 0) is 9.59 Å². The van der Waals surface area contributed by atoms with Crippen LogP contribution in [0.3, 0.4) is 0 Å². The third kappa shape index (κ3) is 5.37. The van der Waals surface area contributed by atoms with E-state index in [0.717, 1.165) is 6.92 Å². The number of para-hydroxylation sites is 1. The second-order valence-corrected chi connectivity index (χ2v) is 7.22. The normalized spacial score (nSPS) is 11.1. The van der Waals surface area contributed by atoms with Crippen molar-refractivity contribution in [1.82, 2.24) is 14.6 Å². The van der Waals surface area contributed by atoms with Crippen LogP contribution < -0.4 is 14.8 Å². The molecule has 0 saturated heterocycles. The number of carboxylic acid groups (broad SMARTS) is 1. The number of esters is 1. The predicted molar refractivity (Wildman–Crippen MR) is 112 cm³/mol. The summed E-state index contributed by atoms with van der Waals surface area (Å²) >= 11 is 1.18. The van der Waals surface area contributed by atoms with Crippen LogP contribution in [0.15, 0.2) is 53.3 Å². The Kier molecular flexibility index (Phi) is 6.51. The van der Waals surface area contributed by atoms with Crippen molar-refractivity contribution in [1.29, 1.82) is 0 Å². The zero-order valence-corrected chi connectivity index (χ0v) is 17.2. The topological polar surface area (TPSA) is 111 Å². The Bertz CT molecular complexity index is 1360. The van der Waals surface area contributed by atoms with E-state index in [1.807, 2.05) is 0 Å². The van der Waals surface area contributed by atoms with Gasteiger partial charge in [-0.1, -0.05) is 35.6 Å². The molecule has 0 aliphatic carbocycles. The predicted octanol–water partition coefficient (Wildman–Crippen LogP) is 2.52. The van der Waals surface area contributed by atoms with E-state index in [2.05, 4.69) is 10.1 Å². The number of hydrogen-bond donors (Lipinski definition) is 1. The molecule has 4 aromatic rings. The summed E-state index contributed by atoms with van der Waals surface area (Å²) in [6, 6.07) is 12.7. The Morgan fingerprint density at radius 3 is 2.39 bits per heavy atom. The van der Waals surface area contributed by atoms with Gasteiger partial charge in [-0.2, -0.15) is 9.50 Å². The maximum atomic E-state index is 13.0. The first-order valence-electron chi connectivity index (χ1n) is 8.89. The molecule has 0 unspecified atom stereocenters. The van der Waals surface area contributed by atoms with Gasteiger partial charge >= 0.3 is 5.97 Å². The summed E-state index contributed by atoms with van der Waals surface area (Å²) in [6.07, 6.45) is 1.66. The Morgan fingerprint density at radius 1 is 1.13 bits per heavy atom. The Labute approximate surface area is 178 Å². The number of aromatic nitrogens is 3. The van der Waals surface area contributed by atoms with Gasteiger partial charge in [-0.15, -0.1) is 5.10 Å². The minimum absolute atomic E-state index is 0.295. The molecule has 0 aliphatic heterocycles. The lowest BCUT2D eigenvalue weighted by atomic mass is 10.2. The molecular formula is C21H16FN3O5S. The molecule has 158 valence electrons. The lowest BCUT2D eigenvalue weighted by Gasteiger charge is -2.04. The SMILES string of the molecule is CC(=O)O.CC(=O)Oc1ccccc1-c1nc2sc(=Cc3ccc(F)cc3)c(=O)n2n1. The molecule has 2 aromatic heterocycles. The van der Waals surface area contributed by atoms with Gasteiger partial charge < -0.3 is 9.84 Å². The third-order valence-corrected chi connectivity index (χ3v) is 4.69. The monoisotopic (exact) mass is 441 g/mol. The van der Waals surface area contributed by atoms with E-state index in [4.69, 9.17) is 14.6 Å². The van der Waals surface area contributed by atoms with E-state index < -0.39 is 11.9 Å². The van der Waals surface area contributed by atoms with Crippen molar-refractivity contribution < 1.29 is 23.8 Å². The fourth-order valence-electron chi connectivity index (χ4n) is 2.55. The molecular weight excluding hydrogens is 425 g/mol. The van der Waals surface area contributed by atoms with E-state index in [0.29, 0.717) is 32.2 Å². The molecule has 0 spiro atoms. The first-order chi connectivity index (χ1) is 14.7. The summed E-state index contributed by atoms with van der Waals surface area (Å²) in [5, 5.41) is 11.7. The van der Waals surface area contributed by atoms with Gasteiger partial charge in [0.2, 0.25) is 4.96 Å². The number of rotatable bonds is 3. The number of nitrogens with zero attached hydrogens (tertiary/aromatic N) is 3. The van der Waals surface area contributed by atoms with E-state index >= 15 is 0 Å². The molecule has 2 heterocycles. The molecule has 0 fully saturated rings. The van der Waals surface area contributed by atoms with Gasteiger partial charge in [0.25, 0.3) is 11.5 Å². The van der Waals surface area contributed by atoms with Crippen molar-refractivity contribution in [2.75, 3.05) is 0 Å². The molecule has 8 nitrogen and oxygen atoms in total. The third-order valence-electron chi connectivity index (χ3n) is 3.73. The summed E-state index contributed by atoms with van der Waals surface area (Å²) in [4.78, 5) is 37.7. The minimum atomic E-state index is -0.833. The first-order valence-corrected chi connectivity index (χ1v) is 9.70. The number of carbonyl (C=O) groups is 2. The highest BCUT2D eigenvalue weighted by Crippen LogP contribution is 2.27. The Hall–Kier alpha value is -3.92. The van der Waals surface area contributed by atoms with E-state index in [-0.39, 0.29) is 11.4 Å². The summed E-state index contributed by atoms with van der Waals surface area (Å²) in [7, 11) is 0.